The van der Waals surface area contributed by atoms with Gasteiger partial charge in [-0.15, -0.1) is 0 Å². The lowest BCUT2D eigenvalue weighted by molar-refractivity contribution is -0.122. The van der Waals surface area contributed by atoms with E-state index in [4.69, 9.17) is 18.9 Å². The van der Waals surface area contributed by atoms with Gasteiger partial charge in [-0.2, -0.15) is 0 Å². The monoisotopic (exact) mass is 551 g/mol. The number of amides is 2. The van der Waals surface area contributed by atoms with Crippen molar-refractivity contribution in [1.82, 2.24) is 5.32 Å². The van der Waals surface area contributed by atoms with Gasteiger partial charge in [-0.25, -0.2) is 4.79 Å². The first-order valence-electron chi connectivity index (χ1n) is 13.1. The van der Waals surface area contributed by atoms with E-state index >= 15 is 0 Å². The number of ether oxygens (including phenoxy) is 4. The molecule has 8 nitrogen and oxygen atoms in total. The highest BCUT2D eigenvalue weighted by Crippen LogP contribution is 2.44. The van der Waals surface area contributed by atoms with E-state index in [-0.39, 0.29) is 31.6 Å². The van der Waals surface area contributed by atoms with Gasteiger partial charge in [0.2, 0.25) is 0 Å². The summed E-state index contributed by atoms with van der Waals surface area (Å²) >= 11 is 0. The Morgan fingerprint density at radius 2 is 1.46 bits per heavy atom. The van der Waals surface area contributed by atoms with Crippen LogP contribution >= 0.6 is 0 Å². The van der Waals surface area contributed by atoms with Gasteiger partial charge in [-0.05, 0) is 52.1 Å². The lowest BCUT2D eigenvalue weighted by atomic mass is 9.98. The highest BCUT2D eigenvalue weighted by molar-refractivity contribution is 5.90. The normalized spacial score (nSPS) is 11.7. The van der Waals surface area contributed by atoms with Crippen molar-refractivity contribution in [3.05, 3.63) is 115 Å². The summed E-state index contributed by atoms with van der Waals surface area (Å²) in [5, 5.41) is 2.27. The van der Waals surface area contributed by atoms with Crippen LogP contribution in [-0.2, 0) is 16.1 Å². The van der Waals surface area contributed by atoms with E-state index in [0.717, 1.165) is 27.8 Å². The fraction of sp³-hybridized carbons (Fsp3) is 0.182. The van der Waals surface area contributed by atoms with Crippen LogP contribution in [0.25, 0.3) is 11.1 Å². The number of carbonyl (C=O) groups excluding carboxylic acids is 2. The van der Waals surface area contributed by atoms with Crippen LogP contribution in [0.15, 0.2) is 91.0 Å². The average molecular weight is 552 g/mol. The second-order valence-corrected chi connectivity index (χ2v) is 9.46. The first-order valence-corrected chi connectivity index (χ1v) is 13.1. The van der Waals surface area contributed by atoms with Gasteiger partial charge < -0.3 is 24.3 Å². The summed E-state index contributed by atoms with van der Waals surface area (Å²) in [5.74, 6) is 1.19. The minimum absolute atomic E-state index is 0.0714. The van der Waals surface area contributed by atoms with Crippen LogP contribution in [0.1, 0.15) is 22.6 Å². The number of nitrogens with one attached hydrogen (secondary N) is 1. The highest BCUT2D eigenvalue weighted by atomic mass is 16.6. The topological polar surface area (TPSA) is 86.3 Å². The first kappa shape index (κ1) is 27.6. The molecule has 4 aromatic carbocycles. The van der Waals surface area contributed by atoms with Crippen molar-refractivity contribution in [2.24, 2.45) is 0 Å². The van der Waals surface area contributed by atoms with E-state index in [1.807, 2.05) is 36.4 Å². The van der Waals surface area contributed by atoms with Gasteiger partial charge in [0, 0.05) is 19.0 Å². The Bertz CT molecular complexity index is 1490. The number of fused-ring (bicyclic) bond motifs is 3. The first-order chi connectivity index (χ1) is 20.0. The molecule has 0 spiro atoms. The van der Waals surface area contributed by atoms with Crippen molar-refractivity contribution in [2.45, 2.75) is 12.5 Å². The lowest BCUT2D eigenvalue weighted by Gasteiger charge is -2.25. The van der Waals surface area contributed by atoms with Crippen molar-refractivity contribution in [2.75, 3.05) is 32.3 Å². The van der Waals surface area contributed by atoms with Gasteiger partial charge in [0.1, 0.15) is 23.9 Å². The maximum atomic E-state index is 13.8. The minimum Gasteiger partial charge on any atom is -0.497 e. The lowest BCUT2D eigenvalue weighted by Crippen LogP contribution is -2.32. The quantitative estimate of drug-likeness (QED) is 0.262. The number of rotatable bonds is 10. The third-order valence-corrected chi connectivity index (χ3v) is 7.07. The number of hydrogen-bond acceptors (Lipinski definition) is 6. The van der Waals surface area contributed by atoms with E-state index in [0.29, 0.717) is 22.9 Å². The van der Waals surface area contributed by atoms with E-state index in [1.165, 1.54) is 4.90 Å². The van der Waals surface area contributed by atoms with Gasteiger partial charge in [0.15, 0.2) is 6.61 Å². The average Bonchev–Trinajstić information content (AvgIpc) is 3.35. The summed E-state index contributed by atoms with van der Waals surface area (Å²) in [6, 6.07) is 28.8. The second-order valence-electron chi connectivity index (χ2n) is 9.46. The summed E-state index contributed by atoms with van der Waals surface area (Å²) in [4.78, 5) is 26.8. The summed E-state index contributed by atoms with van der Waals surface area (Å²) in [6.45, 7) is 0.250. The molecule has 8 heteroatoms. The summed E-state index contributed by atoms with van der Waals surface area (Å²) in [5.41, 5.74) is 5.96. The van der Waals surface area contributed by atoms with E-state index in [2.05, 4.69) is 36.6 Å². The predicted molar refractivity (Wildman–Crippen MR) is 156 cm³/mol. The Labute approximate surface area is 239 Å². The van der Waals surface area contributed by atoms with Crippen LogP contribution in [0.2, 0.25) is 0 Å². The maximum absolute atomic E-state index is 13.8. The molecule has 0 saturated heterocycles. The van der Waals surface area contributed by atoms with Gasteiger partial charge in [0.05, 0.1) is 26.5 Å². The van der Waals surface area contributed by atoms with Crippen LogP contribution in [0, 0.1) is 7.05 Å². The summed E-state index contributed by atoms with van der Waals surface area (Å²) in [7, 11) is 6.45. The molecule has 2 amide bonds. The molecule has 41 heavy (non-hydrogen) atoms. The molecule has 1 N–H and O–H groups in total. The molecule has 4 aromatic rings. The number of hydrogen-bond donors (Lipinski definition) is 1. The molecule has 1 aliphatic carbocycles. The van der Waals surface area contributed by atoms with Crippen LogP contribution in [-0.4, -0.2) is 39.4 Å². The smallest absolute Gasteiger partial charge is 0.414 e. The molecule has 0 bridgehead atoms. The number of nitrogens with zero attached hydrogens (tertiary/aromatic N) is 1. The SMILES string of the molecule is [CH2]NC(=O)COc1ccc(CN(C(=O)OCC2c3ccccc3-c3ccccc32)c2ccc(OC)cc2OC)cc1. The zero-order chi connectivity index (χ0) is 28.8. The zero-order valence-corrected chi connectivity index (χ0v) is 23.0. The van der Waals surface area contributed by atoms with Crippen molar-refractivity contribution >= 4 is 17.7 Å². The second kappa shape index (κ2) is 12.5. The van der Waals surface area contributed by atoms with Gasteiger partial charge in [-0.3, -0.25) is 9.69 Å². The maximum Gasteiger partial charge on any atom is 0.414 e. The van der Waals surface area contributed by atoms with Crippen LogP contribution < -0.4 is 24.4 Å². The molecule has 1 aliphatic rings. The van der Waals surface area contributed by atoms with E-state index in [1.54, 1.807) is 44.6 Å². The molecule has 0 saturated carbocycles. The fourth-order valence-corrected chi connectivity index (χ4v) is 5.00. The Morgan fingerprint density at radius 1 is 0.829 bits per heavy atom. The summed E-state index contributed by atoms with van der Waals surface area (Å²) in [6.07, 6.45) is -0.511. The molecular formula is C33H31N2O6. The molecule has 0 fully saturated rings. The van der Waals surface area contributed by atoms with Gasteiger partial charge in [-0.1, -0.05) is 60.7 Å². The Balaban J connectivity index is 1.39. The molecule has 0 unspecified atom stereocenters. The molecule has 0 aliphatic heterocycles. The van der Waals surface area contributed by atoms with Crippen LogP contribution in [0.4, 0.5) is 10.5 Å². The van der Waals surface area contributed by atoms with E-state index in [9.17, 15) is 9.59 Å². The van der Waals surface area contributed by atoms with Gasteiger partial charge in [0.25, 0.3) is 5.91 Å². The van der Waals surface area contributed by atoms with Crippen molar-refractivity contribution < 1.29 is 28.5 Å². The standard InChI is InChI=1S/C33H31N2O6/c1-34-32(36)21-40-23-14-12-22(13-15-23)19-35(30-17-16-24(38-2)18-31(30)39-3)33(37)41-20-29-27-10-6-4-8-25(27)26-9-5-7-11-28(26)29/h4-18,29H,1,19-21H2,2-3H3,(H,34,36). The fourth-order valence-electron chi connectivity index (χ4n) is 5.00. The van der Waals surface area contributed by atoms with E-state index < -0.39 is 6.09 Å². The van der Waals surface area contributed by atoms with Crippen molar-refractivity contribution in [3.8, 4) is 28.4 Å². The largest absolute Gasteiger partial charge is 0.497 e. The number of anilines is 1. The summed E-state index contributed by atoms with van der Waals surface area (Å²) < 4.78 is 22.5. The van der Waals surface area contributed by atoms with Crippen molar-refractivity contribution in [3.63, 3.8) is 0 Å². The third kappa shape index (κ3) is 5.96. The van der Waals surface area contributed by atoms with Crippen LogP contribution in [0.5, 0.6) is 17.2 Å². The minimum atomic E-state index is -0.511. The molecule has 0 atom stereocenters. The Kier molecular flexibility index (Phi) is 8.39. The number of carbonyl (C=O) groups is 2. The predicted octanol–water partition coefficient (Wildman–Crippen LogP) is 5.95. The number of methoxy groups -OCH3 is 2. The Hall–Kier alpha value is -4.98. The van der Waals surface area contributed by atoms with Crippen molar-refractivity contribution in [1.29, 1.82) is 0 Å². The highest BCUT2D eigenvalue weighted by Gasteiger charge is 2.30. The molecule has 0 heterocycles. The molecule has 1 radical (unpaired) electrons. The van der Waals surface area contributed by atoms with Gasteiger partial charge >= 0.3 is 6.09 Å². The number of benzene rings is 4. The third-order valence-electron chi connectivity index (χ3n) is 7.07. The molecule has 5 rings (SSSR count). The Morgan fingerprint density at radius 3 is 2.07 bits per heavy atom. The molecule has 0 aromatic heterocycles. The molecular weight excluding hydrogens is 520 g/mol. The molecule has 209 valence electrons. The van der Waals surface area contributed by atoms with Crippen LogP contribution in [0.3, 0.4) is 0 Å². The zero-order valence-electron chi connectivity index (χ0n) is 23.0.